The summed E-state index contributed by atoms with van der Waals surface area (Å²) in [5, 5.41) is 12.2. The molecule has 0 aromatic heterocycles. The molecule has 1 aliphatic heterocycles. The lowest BCUT2D eigenvalue weighted by atomic mass is 9.77. The Morgan fingerprint density at radius 2 is 1.93 bits per heavy atom. The number of likely N-dealkylation sites (tertiary alicyclic amines) is 1. The number of ether oxygens (including phenoxy) is 1. The maximum Gasteiger partial charge on any atom is 0.311 e. The van der Waals surface area contributed by atoms with Crippen molar-refractivity contribution in [2.24, 2.45) is 17.8 Å². The Hall–Kier alpha value is -2.10. The monoisotopic (exact) mass is 403 g/mol. The van der Waals surface area contributed by atoms with Crippen LogP contribution in [-0.2, 0) is 19.1 Å². The van der Waals surface area contributed by atoms with Gasteiger partial charge in [0.2, 0.25) is 5.91 Å². The molecule has 1 heterocycles. The largest absolute Gasteiger partial charge is 0.455 e. The summed E-state index contributed by atoms with van der Waals surface area (Å²) in [6.07, 6.45) is 7.58. The Morgan fingerprint density at radius 1 is 1.21 bits per heavy atom. The van der Waals surface area contributed by atoms with Gasteiger partial charge < -0.3 is 15.0 Å². The van der Waals surface area contributed by atoms with Crippen molar-refractivity contribution >= 4 is 17.8 Å². The van der Waals surface area contributed by atoms with Crippen molar-refractivity contribution in [1.82, 2.24) is 10.2 Å². The van der Waals surface area contributed by atoms with E-state index in [-0.39, 0.29) is 18.4 Å². The van der Waals surface area contributed by atoms with Gasteiger partial charge in [-0.3, -0.25) is 14.4 Å². The number of nitrogens with zero attached hydrogens (tertiary/aromatic N) is 2. The van der Waals surface area contributed by atoms with E-state index in [9.17, 15) is 19.6 Å². The molecule has 7 heteroatoms. The third-order valence-electron chi connectivity index (χ3n) is 7.20. The second-order valence-electron chi connectivity index (χ2n) is 9.19. The average Bonchev–Trinajstić information content (AvgIpc) is 3.10. The minimum Gasteiger partial charge on any atom is -0.455 e. The molecule has 0 bridgehead atoms. The molecule has 2 saturated carbocycles. The lowest BCUT2D eigenvalue weighted by Crippen LogP contribution is -2.50. The molecule has 2 aliphatic carbocycles. The van der Waals surface area contributed by atoms with E-state index in [1.54, 1.807) is 0 Å². The molecule has 3 rings (SSSR count). The molecular weight excluding hydrogens is 370 g/mol. The van der Waals surface area contributed by atoms with Crippen molar-refractivity contribution in [2.45, 2.75) is 83.2 Å². The Kier molecular flexibility index (Phi) is 6.81. The molecule has 3 aliphatic rings. The predicted octanol–water partition coefficient (Wildman–Crippen LogP) is 2.55. The highest BCUT2D eigenvalue weighted by Crippen LogP contribution is 2.36. The zero-order valence-electron chi connectivity index (χ0n) is 17.6. The van der Waals surface area contributed by atoms with Gasteiger partial charge in [-0.15, -0.1) is 0 Å². The van der Waals surface area contributed by atoms with E-state index in [4.69, 9.17) is 4.74 Å². The standard InChI is InChI=1S/C22H33N3O4/c1-15-7-6-8-18(16(15)2)25-12-17(11-20(25)27)21(28)29-13-19(26)24-22(14-23)9-4-3-5-10-22/h15-18H,3-13H2,1-2H3,(H,24,26)/t15-,16-,17-,18-/m1/s1. The topological polar surface area (TPSA) is 99.5 Å². The lowest BCUT2D eigenvalue weighted by molar-refractivity contribution is -0.152. The third-order valence-corrected chi connectivity index (χ3v) is 7.20. The van der Waals surface area contributed by atoms with Crippen molar-refractivity contribution in [2.75, 3.05) is 13.2 Å². The molecule has 3 fully saturated rings. The molecule has 1 N–H and O–H groups in total. The van der Waals surface area contributed by atoms with Gasteiger partial charge in [-0.1, -0.05) is 46.0 Å². The number of amides is 2. The Balaban J connectivity index is 1.49. The average molecular weight is 404 g/mol. The first-order valence-electron chi connectivity index (χ1n) is 11.0. The fourth-order valence-corrected chi connectivity index (χ4v) is 5.18. The first-order valence-corrected chi connectivity index (χ1v) is 11.0. The molecule has 1 saturated heterocycles. The van der Waals surface area contributed by atoms with Gasteiger partial charge in [-0.2, -0.15) is 5.26 Å². The molecule has 0 spiro atoms. The predicted molar refractivity (Wildman–Crippen MR) is 106 cm³/mol. The number of hydrogen-bond acceptors (Lipinski definition) is 5. The van der Waals surface area contributed by atoms with Crippen LogP contribution in [0.3, 0.4) is 0 Å². The summed E-state index contributed by atoms with van der Waals surface area (Å²) in [6.45, 7) is 4.39. The molecule has 2 amide bonds. The number of rotatable bonds is 5. The van der Waals surface area contributed by atoms with Crippen molar-refractivity contribution in [3.63, 3.8) is 0 Å². The van der Waals surface area contributed by atoms with Crippen LogP contribution in [0.5, 0.6) is 0 Å². The van der Waals surface area contributed by atoms with Crippen molar-refractivity contribution in [3.8, 4) is 6.07 Å². The molecule has 0 unspecified atom stereocenters. The van der Waals surface area contributed by atoms with Crippen molar-refractivity contribution in [1.29, 1.82) is 5.26 Å². The molecule has 160 valence electrons. The van der Waals surface area contributed by atoms with Crippen LogP contribution >= 0.6 is 0 Å². The van der Waals surface area contributed by atoms with Gasteiger partial charge in [0.05, 0.1) is 12.0 Å². The van der Waals surface area contributed by atoms with Gasteiger partial charge in [0, 0.05) is 19.0 Å². The second-order valence-corrected chi connectivity index (χ2v) is 9.19. The summed E-state index contributed by atoms with van der Waals surface area (Å²) in [4.78, 5) is 39.1. The van der Waals surface area contributed by atoms with Gasteiger partial charge in [0.15, 0.2) is 6.61 Å². The van der Waals surface area contributed by atoms with Gasteiger partial charge in [-0.25, -0.2) is 0 Å². The van der Waals surface area contributed by atoms with Crippen LogP contribution in [0.25, 0.3) is 0 Å². The van der Waals surface area contributed by atoms with E-state index < -0.39 is 29.9 Å². The van der Waals surface area contributed by atoms with Gasteiger partial charge in [-0.05, 0) is 31.1 Å². The van der Waals surface area contributed by atoms with Gasteiger partial charge >= 0.3 is 5.97 Å². The highest BCUT2D eigenvalue weighted by molar-refractivity contribution is 5.88. The van der Waals surface area contributed by atoms with Crippen LogP contribution < -0.4 is 5.32 Å². The van der Waals surface area contributed by atoms with E-state index in [0.717, 1.165) is 32.1 Å². The van der Waals surface area contributed by atoms with Crippen LogP contribution in [0.1, 0.15) is 71.6 Å². The SMILES string of the molecule is C[C@@H]1[C@H](C)CCC[C@H]1N1C[C@H](C(=O)OCC(=O)NC2(C#N)CCCCC2)CC1=O. The Labute approximate surface area is 173 Å². The minimum atomic E-state index is -0.838. The highest BCUT2D eigenvalue weighted by atomic mass is 16.5. The van der Waals surface area contributed by atoms with Crippen LogP contribution in [0.4, 0.5) is 0 Å². The van der Waals surface area contributed by atoms with Crippen molar-refractivity contribution in [3.05, 3.63) is 0 Å². The van der Waals surface area contributed by atoms with E-state index in [0.29, 0.717) is 31.2 Å². The number of carbonyl (C=O) groups excluding carboxylic acids is 3. The maximum absolute atomic E-state index is 12.5. The highest BCUT2D eigenvalue weighted by Gasteiger charge is 2.42. The molecular formula is C22H33N3O4. The number of esters is 1. The lowest BCUT2D eigenvalue weighted by Gasteiger charge is -2.39. The first kappa shape index (κ1) is 21.6. The van der Waals surface area contributed by atoms with Crippen LogP contribution in [0.2, 0.25) is 0 Å². The van der Waals surface area contributed by atoms with Gasteiger partial charge in [0.1, 0.15) is 5.54 Å². The minimum absolute atomic E-state index is 0.00740. The quantitative estimate of drug-likeness (QED) is 0.711. The zero-order valence-corrected chi connectivity index (χ0v) is 17.6. The van der Waals surface area contributed by atoms with E-state index in [2.05, 4.69) is 25.2 Å². The molecule has 0 aromatic carbocycles. The summed E-state index contributed by atoms with van der Waals surface area (Å²) in [5.41, 5.74) is -0.838. The number of carbonyl (C=O) groups is 3. The zero-order chi connectivity index (χ0) is 21.0. The number of nitrogens with one attached hydrogen (secondary N) is 1. The first-order chi connectivity index (χ1) is 13.8. The van der Waals surface area contributed by atoms with Crippen molar-refractivity contribution < 1.29 is 19.1 Å². The smallest absolute Gasteiger partial charge is 0.311 e. The van der Waals surface area contributed by atoms with Crippen LogP contribution in [0, 0.1) is 29.1 Å². The molecule has 7 nitrogen and oxygen atoms in total. The fourth-order valence-electron chi connectivity index (χ4n) is 5.18. The molecule has 0 aromatic rings. The Bertz CT molecular complexity index is 680. The molecule has 29 heavy (non-hydrogen) atoms. The summed E-state index contributed by atoms with van der Waals surface area (Å²) < 4.78 is 5.21. The molecule has 4 atom stereocenters. The normalized spacial score (nSPS) is 31.8. The summed E-state index contributed by atoms with van der Waals surface area (Å²) in [5.74, 6) is -0.457. The molecule has 0 radical (unpaired) electrons. The van der Waals surface area contributed by atoms with Gasteiger partial charge in [0.25, 0.3) is 5.91 Å². The second kappa shape index (κ2) is 9.15. The van der Waals surface area contributed by atoms with Crippen LogP contribution in [0.15, 0.2) is 0 Å². The third kappa shape index (κ3) is 4.91. The van der Waals surface area contributed by atoms with Crippen LogP contribution in [-0.4, -0.2) is 47.4 Å². The summed E-state index contributed by atoms with van der Waals surface area (Å²) >= 11 is 0. The fraction of sp³-hybridized carbons (Fsp3) is 0.818. The van der Waals surface area contributed by atoms with E-state index in [1.165, 1.54) is 6.42 Å². The maximum atomic E-state index is 12.5. The Morgan fingerprint density at radius 3 is 2.62 bits per heavy atom. The van der Waals surface area contributed by atoms with E-state index >= 15 is 0 Å². The summed E-state index contributed by atoms with van der Waals surface area (Å²) in [7, 11) is 0. The van der Waals surface area contributed by atoms with E-state index in [1.807, 2.05) is 4.90 Å². The number of nitriles is 1. The summed E-state index contributed by atoms with van der Waals surface area (Å²) in [6, 6.07) is 2.41. The number of hydrogen-bond donors (Lipinski definition) is 1.